The summed E-state index contributed by atoms with van der Waals surface area (Å²) in [7, 11) is -1.17. The average Bonchev–Trinajstić information content (AvgIpc) is 2.53. The predicted molar refractivity (Wildman–Crippen MR) is 66.9 cm³/mol. The lowest BCUT2D eigenvalue weighted by Gasteiger charge is -2.24. The van der Waals surface area contributed by atoms with E-state index in [1.807, 2.05) is 6.92 Å². The van der Waals surface area contributed by atoms with Crippen molar-refractivity contribution in [3.8, 4) is 0 Å². The first-order valence-corrected chi connectivity index (χ1v) is 7.24. The number of sulfone groups is 1. The third kappa shape index (κ3) is 2.85. The maximum absolute atomic E-state index is 11.5. The van der Waals surface area contributed by atoms with Gasteiger partial charge in [0.15, 0.2) is 9.84 Å². The van der Waals surface area contributed by atoms with Gasteiger partial charge in [-0.1, -0.05) is 0 Å². The molecule has 0 spiro atoms. The van der Waals surface area contributed by atoms with Crippen LogP contribution in [0.5, 0.6) is 0 Å². The summed E-state index contributed by atoms with van der Waals surface area (Å²) in [6, 6.07) is 1.73. The van der Waals surface area contributed by atoms with Crippen molar-refractivity contribution in [2.75, 3.05) is 29.2 Å². The molecule has 7 heteroatoms. The number of nitrogens with one attached hydrogen (secondary N) is 2. The van der Waals surface area contributed by atoms with Crippen molar-refractivity contribution < 1.29 is 8.42 Å². The third-order valence-corrected chi connectivity index (χ3v) is 4.72. The van der Waals surface area contributed by atoms with Gasteiger partial charge in [0.1, 0.15) is 5.82 Å². The molecule has 1 aliphatic heterocycles. The quantitative estimate of drug-likeness (QED) is 0.819. The molecule has 0 aromatic carbocycles. The minimum Gasteiger partial charge on any atom is -0.364 e. The van der Waals surface area contributed by atoms with Crippen LogP contribution in [0.3, 0.4) is 0 Å². The molecule has 0 bridgehead atoms. The summed E-state index contributed by atoms with van der Waals surface area (Å²) in [4.78, 5) is 8.22. The highest BCUT2D eigenvalue weighted by Crippen LogP contribution is 2.26. The number of hydrogen-bond acceptors (Lipinski definition) is 6. The van der Waals surface area contributed by atoms with Gasteiger partial charge in [0.05, 0.1) is 17.0 Å². The number of aromatic nitrogens is 2. The molecular formula is C10H16N4O2S. The number of rotatable bonds is 3. The lowest BCUT2D eigenvalue weighted by atomic mass is 10.0. The lowest BCUT2D eigenvalue weighted by Crippen LogP contribution is -2.36. The minimum absolute atomic E-state index is 0.152. The van der Waals surface area contributed by atoms with E-state index in [0.29, 0.717) is 18.2 Å². The molecule has 1 saturated heterocycles. The second kappa shape index (κ2) is 4.14. The van der Waals surface area contributed by atoms with Crippen molar-refractivity contribution in [3.63, 3.8) is 0 Å². The molecule has 0 aliphatic carbocycles. The SMILES string of the molecule is CNc1nccc(NC2(C)CCS(=O)(=O)C2)n1. The molecule has 0 amide bonds. The van der Waals surface area contributed by atoms with Gasteiger partial charge in [0, 0.05) is 13.2 Å². The number of nitrogens with zero attached hydrogens (tertiary/aromatic N) is 2. The van der Waals surface area contributed by atoms with Crippen molar-refractivity contribution in [3.05, 3.63) is 12.3 Å². The summed E-state index contributed by atoms with van der Waals surface area (Å²) in [6.45, 7) is 1.90. The van der Waals surface area contributed by atoms with Crippen LogP contribution in [0.4, 0.5) is 11.8 Å². The molecule has 1 aliphatic rings. The summed E-state index contributed by atoms with van der Waals surface area (Å²) in [5.41, 5.74) is -0.432. The van der Waals surface area contributed by atoms with E-state index in [1.54, 1.807) is 19.3 Å². The summed E-state index contributed by atoms with van der Waals surface area (Å²) in [6.07, 6.45) is 2.24. The lowest BCUT2D eigenvalue weighted by molar-refractivity contribution is 0.572. The molecule has 94 valence electrons. The molecular weight excluding hydrogens is 240 g/mol. The zero-order valence-electron chi connectivity index (χ0n) is 9.90. The number of hydrogen-bond donors (Lipinski definition) is 2. The Hall–Kier alpha value is -1.37. The predicted octanol–water partition coefficient (Wildman–Crippen LogP) is 0.507. The summed E-state index contributed by atoms with van der Waals surface area (Å²) >= 11 is 0. The zero-order chi connectivity index (χ0) is 12.5. The number of anilines is 2. The third-order valence-electron chi connectivity index (χ3n) is 2.81. The van der Waals surface area contributed by atoms with E-state index in [1.165, 1.54) is 0 Å². The molecule has 1 atom stereocenters. The van der Waals surface area contributed by atoms with Gasteiger partial charge in [-0.3, -0.25) is 0 Å². The highest BCUT2D eigenvalue weighted by atomic mass is 32.2. The van der Waals surface area contributed by atoms with Crippen molar-refractivity contribution in [2.45, 2.75) is 18.9 Å². The standard InChI is InChI=1S/C10H16N4O2S/c1-10(4-6-17(15,16)7-10)14-8-3-5-12-9(11-2)13-8/h3,5H,4,6-7H2,1-2H3,(H2,11,12,13,14). The van der Waals surface area contributed by atoms with Crippen LogP contribution in [-0.4, -0.2) is 42.5 Å². The van der Waals surface area contributed by atoms with Crippen LogP contribution in [0.15, 0.2) is 12.3 Å². The van der Waals surface area contributed by atoms with Gasteiger partial charge in [-0.2, -0.15) is 4.98 Å². The zero-order valence-corrected chi connectivity index (χ0v) is 10.7. The van der Waals surface area contributed by atoms with Gasteiger partial charge >= 0.3 is 0 Å². The molecule has 0 radical (unpaired) electrons. The molecule has 2 N–H and O–H groups in total. The van der Waals surface area contributed by atoms with E-state index in [-0.39, 0.29) is 11.5 Å². The monoisotopic (exact) mass is 256 g/mol. The Balaban J connectivity index is 2.15. The maximum atomic E-state index is 11.5. The van der Waals surface area contributed by atoms with E-state index < -0.39 is 15.4 Å². The fraction of sp³-hybridized carbons (Fsp3) is 0.600. The van der Waals surface area contributed by atoms with E-state index in [0.717, 1.165) is 0 Å². The maximum Gasteiger partial charge on any atom is 0.224 e. The molecule has 0 saturated carbocycles. The largest absolute Gasteiger partial charge is 0.364 e. The Morgan fingerprint density at radius 3 is 2.82 bits per heavy atom. The molecule has 1 unspecified atom stereocenters. The summed E-state index contributed by atoms with van der Waals surface area (Å²) < 4.78 is 22.9. The molecule has 2 rings (SSSR count). The summed E-state index contributed by atoms with van der Waals surface area (Å²) in [5.74, 6) is 1.54. The van der Waals surface area contributed by atoms with Crippen LogP contribution in [0.1, 0.15) is 13.3 Å². The fourth-order valence-electron chi connectivity index (χ4n) is 1.97. The first kappa shape index (κ1) is 12.1. The normalized spacial score (nSPS) is 26.7. The highest BCUT2D eigenvalue weighted by Gasteiger charge is 2.38. The van der Waals surface area contributed by atoms with Crippen LogP contribution < -0.4 is 10.6 Å². The fourth-order valence-corrected chi connectivity index (χ4v) is 4.06. The molecule has 6 nitrogen and oxygen atoms in total. The molecule has 1 aromatic heterocycles. The van der Waals surface area contributed by atoms with Crippen LogP contribution in [0.25, 0.3) is 0 Å². The van der Waals surface area contributed by atoms with E-state index in [9.17, 15) is 8.42 Å². The van der Waals surface area contributed by atoms with Gasteiger partial charge < -0.3 is 10.6 Å². The molecule has 2 heterocycles. The van der Waals surface area contributed by atoms with Crippen LogP contribution >= 0.6 is 0 Å². The van der Waals surface area contributed by atoms with Crippen LogP contribution in [0.2, 0.25) is 0 Å². The van der Waals surface area contributed by atoms with Crippen molar-refractivity contribution in [1.82, 2.24) is 9.97 Å². The Labute approximate surface area is 101 Å². The van der Waals surface area contributed by atoms with Gasteiger partial charge in [-0.25, -0.2) is 13.4 Å². The summed E-state index contributed by atoms with van der Waals surface area (Å²) in [5, 5.41) is 6.02. The minimum atomic E-state index is -2.91. The topological polar surface area (TPSA) is 84.0 Å². The van der Waals surface area contributed by atoms with E-state index in [2.05, 4.69) is 20.6 Å². The average molecular weight is 256 g/mol. The van der Waals surface area contributed by atoms with Crippen LogP contribution in [0, 0.1) is 0 Å². The molecule has 17 heavy (non-hydrogen) atoms. The van der Waals surface area contributed by atoms with E-state index >= 15 is 0 Å². The van der Waals surface area contributed by atoms with Crippen molar-refractivity contribution in [2.24, 2.45) is 0 Å². The second-order valence-electron chi connectivity index (χ2n) is 4.54. The Morgan fingerprint density at radius 1 is 1.47 bits per heavy atom. The van der Waals surface area contributed by atoms with Gasteiger partial charge in [-0.05, 0) is 19.4 Å². The van der Waals surface area contributed by atoms with Gasteiger partial charge in [0.25, 0.3) is 0 Å². The molecule has 1 fully saturated rings. The first-order chi connectivity index (χ1) is 7.92. The molecule has 1 aromatic rings. The Bertz CT molecular complexity index is 517. The van der Waals surface area contributed by atoms with Crippen LogP contribution in [-0.2, 0) is 9.84 Å². The smallest absolute Gasteiger partial charge is 0.224 e. The van der Waals surface area contributed by atoms with Crippen molar-refractivity contribution >= 4 is 21.6 Å². The van der Waals surface area contributed by atoms with Gasteiger partial charge in [0.2, 0.25) is 5.95 Å². The Morgan fingerprint density at radius 2 is 2.24 bits per heavy atom. The first-order valence-electron chi connectivity index (χ1n) is 5.42. The highest BCUT2D eigenvalue weighted by molar-refractivity contribution is 7.91. The second-order valence-corrected chi connectivity index (χ2v) is 6.73. The van der Waals surface area contributed by atoms with Crippen molar-refractivity contribution in [1.29, 1.82) is 0 Å². The van der Waals surface area contributed by atoms with Gasteiger partial charge in [-0.15, -0.1) is 0 Å². The van der Waals surface area contributed by atoms with E-state index in [4.69, 9.17) is 0 Å². The Kier molecular flexibility index (Phi) is 2.94.